The number of benzene rings is 2. The molecule has 2 aromatic rings. The Kier molecular flexibility index (Phi) is 5.14. The zero-order valence-corrected chi connectivity index (χ0v) is 10.5. The summed E-state index contributed by atoms with van der Waals surface area (Å²) < 4.78 is 5.60. The fraction of sp³-hybridized carbons (Fsp3) is 0.200. The van der Waals surface area contributed by atoms with Gasteiger partial charge in [-0.25, -0.2) is 0 Å². The molecule has 0 unspecified atom stereocenters. The van der Waals surface area contributed by atoms with Gasteiger partial charge in [0.2, 0.25) is 0 Å². The van der Waals surface area contributed by atoms with Crippen molar-refractivity contribution >= 4 is 11.8 Å². The first-order chi connectivity index (χ1) is 8.45. The maximum Gasteiger partial charge on any atom is 0.0928 e. The molecule has 88 valence electrons. The van der Waals surface area contributed by atoms with E-state index in [9.17, 15) is 0 Å². The van der Waals surface area contributed by atoms with Crippen LogP contribution in [0.3, 0.4) is 0 Å². The van der Waals surface area contributed by atoms with Crippen LogP contribution < -0.4 is 0 Å². The van der Waals surface area contributed by atoms with Gasteiger partial charge < -0.3 is 4.74 Å². The molecule has 0 N–H and O–H groups in total. The molecule has 0 saturated carbocycles. The SMILES string of the molecule is c1ccc(COCSCc2ccccc2)cc1. The molecule has 2 rings (SSSR count). The van der Waals surface area contributed by atoms with E-state index in [4.69, 9.17) is 4.74 Å². The standard InChI is InChI=1S/C15H16OS/c1-3-7-14(8-4-1)11-16-13-17-12-15-9-5-2-6-10-15/h1-10H,11-13H2. The summed E-state index contributed by atoms with van der Waals surface area (Å²) in [7, 11) is 0. The quantitative estimate of drug-likeness (QED) is 0.559. The topological polar surface area (TPSA) is 9.23 Å². The van der Waals surface area contributed by atoms with Crippen molar-refractivity contribution in [2.75, 3.05) is 5.94 Å². The summed E-state index contributed by atoms with van der Waals surface area (Å²) in [4.78, 5) is 0. The molecule has 0 bridgehead atoms. The van der Waals surface area contributed by atoms with E-state index in [1.165, 1.54) is 11.1 Å². The lowest BCUT2D eigenvalue weighted by atomic mass is 10.2. The maximum atomic E-state index is 5.60. The molecular formula is C15H16OS. The van der Waals surface area contributed by atoms with Crippen molar-refractivity contribution in [2.24, 2.45) is 0 Å². The number of thioether (sulfide) groups is 1. The molecule has 0 saturated heterocycles. The van der Waals surface area contributed by atoms with Gasteiger partial charge in [0, 0.05) is 5.75 Å². The van der Waals surface area contributed by atoms with Crippen LogP contribution in [0.4, 0.5) is 0 Å². The van der Waals surface area contributed by atoms with Crippen molar-refractivity contribution in [2.45, 2.75) is 12.4 Å². The molecule has 2 aromatic carbocycles. The summed E-state index contributed by atoms with van der Waals surface area (Å²) in [5.74, 6) is 1.75. The maximum absolute atomic E-state index is 5.60. The smallest absolute Gasteiger partial charge is 0.0928 e. The van der Waals surface area contributed by atoms with Crippen LogP contribution in [0.5, 0.6) is 0 Å². The van der Waals surface area contributed by atoms with E-state index in [0.717, 1.165) is 11.7 Å². The van der Waals surface area contributed by atoms with Gasteiger partial charge in [0.05, 0.1) is 12.5 Å². The summed E-state index contributed by atoms with van der Waals surface area (Å²) in [5.41, 5.74) is 2.58. The molecule has 0 spiro atoms. The van der Waals surface area contributed by atoms with Crippen LogP contribution in [0.15, 0.2) is 60.7 Å². The number of hydrogen-bond donors (Lipinski definition) is 0. The number of ether oxygens (including phenoxy) is 1. The van der Waals surface area contributed by atoms with E-state index in [0.29, 0.717) is 6.61 Å². The van der Waals surface area contributed by atoms with Crippen molar-refractivity contribution in [3.63, 3.8) is 0 Å². The molecule has 0 aromatic heterocycles. The highest BCUT2D eigenvalue weighted by Crippen LogP contribution is 2.12. The molecule has 0 aliphatic carbocycles. The van der Waals surface area contributed by atoms with Crippen molar-refractivity contribution in [1.82, 2.24) is 0 Å². The third kappa shape index (κ3) is 4.63. The molecule has 0 radical (unpaired) electrons. The van der Waals surface area contributed by atoms with Gasteiger partial charge in [-0.2, -0.15) is 0 Å². The lowest BCUT2D eigenvalue weighted by Gasteiger charge is -2.04. The van der Waals surface area contributed by atoms with Crippen LogP contribution in [-0.4, -0.2) is 5.94 Å². The Bertz CT molecular complexity index is 372. The van der Waals surface area contributed by atoms with Crippen molar-refractivity contribution in [1.29, 1.82) is 0 Å². The highest BCUT2D eigenvalue weighted by Gasteiger charge is 1.94. The minimum absolute atomic E-state index is 0.697. The van der Waals surface area contributed by atoms with Gasteiger partial charge in [0.15, 0.2) is 0 Å². The fourth-order valence-electron chi connectivity index (χ4n) is 1.53. The van der Waals surface area contributed by atoms with Gasteiger partial charge in [-0.15, -0.1) is 11.8 Å². The highest BCUT2D eigenvalue weighted by atomic mass is 32.2. The minimum atomic E-state index is 0.697. The third-order valence-electron chi connectivity index (χ3n) is 2.39. The predicted octanol–water partition coefficient (Wildman–Crippen LogP) is 4.09. The first-order valence-corrected chi connectivity index (χ1v) is 6.84. The first kappa shape index (κ1) is 12.2. The van der Waals surface area contributed by atoms with Gasteiger partial charge in [-0.05, 0) is 11.1 Å². The van der Waals surface area contributed by atoms with Crippen LogP contribution in [0.2, 0.25) is 0 Å². The van der Waals surface area contributed by atoms with Gasteiger partial charge in [0.25, 0.3) is 0 Å². The Morgan fingerprint density at radius 3 is 2.00 bits per heavy atom. The molecule has 0 aliphatic rings. The van der Waals surface area contributed by atoms with Gasteiger partial charge in [0.1, 0.15) is 0 Å². The van der Waals surface area contributed by atoms with E-state index in [1.807, 2.05) is 24.3 Å². The van der Waals surface area contributed by atoms with Gasteiger partial charge in [-0.1, -0.05) is 60.7 Å². The lowest BCUT2D eigenvalue weighted by Crippen LogP contribution is -1.92. The molecular weight excluding hydrogens is 228 g/mol. The second kappa shape index (κ2) is 7.15. The van der Waals surface area contributed by atoms with E-state index in [2.05, 4.69) is 36.4 Å². The average molecular weight is 244 g/mol. The predicted molar refractivity (Wildman–Crippen MR) is 73.8 cm³/mol. The van der Waals surface area contributed by atoms with Crippen LogP contribution in [0, 0.1) is 0 Å². The Morgan fingerprint density at radius 2 is 1.35 bits per heavy atom. The fourth-order valence-corrected chi connectivity index (χ4v) is 2.24. The zero-order valence-electron chi connectivity index (χ0n) is 9.71. The largest absolute Gasteiger partial charge is 0.366 e. The van der Waals surface area contributed by atoms with E-state index in [1.54, 1.807) is 11.8 Å². The molecule has 0 atom stereocenters. The minimum Gasteiger partial charge on any atom is -0.366 e. The first-order valence-electron chi connectivity index (χ1n) is 5.68. The van der Waals surface area contributed by atoms with Crippen LogP contribution >= 0.6 is 11.8 Å². The summed E-state index contributed by atoms with van der Waals surface area (Å²) in [6.45, 7) is 0.697. The second-order valence-corrected chi connectivity index (χ2v) is 4.72. The van der Waals surface area contributed by atoms with Crippen molar-refractivity contribution < 1.29 is 4.74 Å². The molecule has 17 heavy (non-hydrogen) atoms. The van der Waals surface area contributed by atoms with Crippen molar-refractivity contribution in [3.05, 3.63) is 71.8 Å². The molecule has 0 amide bonds. The summed E-state index contributed by atoms with van der Waals surface area (Å²) >= 11 is 1.80. The zero-order chi connectivity index (χ0) is 11.8. The number of hydrogen-bond acceptors (Lipinski definition) is 2. The third-order valence-corrected chi connectivity index (χ3v) is 3.26. The molecule has 0 heterocycles. The Balaban J connectivity index is 1.61. The van der Waals surface area contributed by atoms with Gasteiger partial charge >= 0.3 is 0 Å². The molecule has 2 heteroatoms. The highest BCUT2D eigenvalue weighted by molar-refractivity contribution is 7.98. The summed E-state index contributed by atoms with van der Waals surface area (Å²) in [5, 5.41) is 0. The normalized spacial score (nSPS) is 10.4. The summed E-state index contributed by atoms with van der Waals surface area (Å²) in [6.07, 6.45) is 0. The van der Waals surface area contributed by atoms with Crippen LogP contribution in [-0.2, 0) is 17.1 Å². The van der Waals surface area contributed by atoms with E-state index >= 15 is 0 Å². The molecule has 0 aliphatic heterocycles. The monoisotopic (exact) mass is 244 g/mol. The average Bonchev–Trinajstić information content (AvgIpc) is 2.41. The van der Waals surface area contributed by atoms with E-state index < -0.39 is 0 Å². The number of rotatable bonds is 6. The molecule has 1 nitrogen and oxygen atoms in total. The second-order valence-electron chi connectivity index (χ2n) is 3.79. The Morgan fingerprint density at radius 1 is 0.765 bits per heavy atom. The summed E-state index contributed by atoms with van der Waals surface area (Å²) in [6, 6.07) is 20.7. The van der Waals surface area contributed by atoms with Gasteiger partial charge in [-0.3, -0.25) is 0 Å². The lowest BCUT2D eigenvalue weighted by molar-refractivity contribution is 0.169. The van der Waals surface area contributed by atoms with Crippen molar-refractivity contribution in [3.8, 4) is 0 Å². The van der Waals surface area contributed by atoms with Crippen LogP contribution in [0.25, 0.3) is 0 Å². The molecule has 0 fully saturated rings. The van der Waals surface area contributed by atoms with E-state index in [-0.39, 0.29) is 0 Å². The van der Waals surface area contributed by atoms with Crippen LogP contribution in [0.1, 0.15) is 11.1 Å². The Labute approximate surface area is 107 Å². The Hall–Kier alpha value is -1.25.